The van der Waals surface area contributed by atoms with Crippen LogP contribution in [0.2, 0.25) is 0 Å². The van der Waals surface area contributed by atoms with E-state index in [4.69, 9.17) is 0 Å². The molecule has 0 spiro atoms. The monoisotopic (exact) mass is 453 g/mol. The SMILES string of the molecule is O=C(CN1C(=O)S/C(=C/c2ccc[nH]2)C1=O)Nc1ccc(I)cc1. The van der Waals surface area contributed by atoms with E-state index in [9.17, 15) is 14.4 Å². The summed E-state index contributed by atoms with van der Waals surface area (Å²) in [6.07, 6.45) is 3.33. The van der Waals surface area contributed by atoms with Crippen LogP contribution in [0.15, 0.2) is 47.5 Å². The number of benzene rings is 1. The van der Waals surface area contributed by atoms with Crippen molar-refractivity contribution in [3.8, 4) is 0 Å². The Kier molecular flexibility index (Phi) is 5.05. The Morgan fingerprint density at radius 2 is 2.00 bits per heavy atom. The zero-order valence-corrected chi connectivity index (χ0v) is 15.3. The van der Waals surface area contributed by atoms with Crippen LogP contribution in [0.4, 0.5) is 10.5 Å². The number of amides is 3. The van der Waals surface area contributed by atoms with Crippen molar-refractivity contribution < 1.29 is 14.4 Å². The summed E-state index contributed by atoms with van der Waals surface area (Å²) < 4.78 is 1.05. The number of nitrogens with zero attached hydrogens (tertiary/aromatic N) is 1. The maximum Gasteiger partial charge on any atom is 0.294 e. The Balaban J connectivity index is 1.66. The molecule has 2 heterocycles. The molecule has 1 fully saturated rings. The number of halogens is 1. The van der Waals surface area contributed by atoms with Crippen LogP contribution >= 0.6 is 34.4 Å². The van der Waals surface area contributed by atoms with Gasteiger partial charge in [0.1, 0.15) is 6.54 Å². The van der Waals surface area contributed by atoms with Crippen LogP contribution in [-0.2, 0) is 9.59 Å². The standard InChI is InChI=1S/C16H12IN3O3S/c17-10-3-5-11(6-4-10)19-14(21)9-20-15(22)13(24-16(20)23)8-12-2-1-7-18-12/h1-8,18H,9H2,(H,19,21)/b13-8+. The minimum atomic E-state index is -0.461. The molecule has 0 unspecified atom stereocenters. The van der Waals surface area contributed by atoms with Crippen molar-refractivity contribution in [2.45, 2.75) is 0 Å². The Labute approximate surface area is 155 Å². The first kappa shape index (κ1) is 16.8. The third-order valence-corrected chi connectivity index (χ3v) is 4.84. The van der Waals surface area contributed by atoms with E-state index in [2.05, 4.69) is 32.9 Å². The second-order valence-corrected chi connectivity index (χ2v) is 7.19. The molecule has 24 heavy (non-hydrogen) atoms. The predicted molar refractivity (Wildman–Crippen MR) is 101 cm³/mol. The van der Waals surface area contributed by atoms with E-state index in [1.54, 1.807) is 36.5 Å². The molecule has 1 aromatic carbocycles. The highest BCUT2D eigenvalue weighted by Gasteiger charge is 2.36. The molecule has 6 nitrogen and oxygen atoms in total. The molecule has 8 heteroatoms. The average molecular weight is 453 g/mol. The fourth-order valence-electron chi connectivity index (χ4n) is 2.09. The number of thioether (sulfide) groups is 1. The molecule has 122 valence electrons. The number of hydrogen-bond donors (Lipinski definition) is 2. The fourth-order valence-corrected chi connectivity index (χ4v) is 3.28. The summed E-state index contributed by atoms with van der Waals surface area (Å²) in [5.74, 6) is -0.878. The van der Waals surface area contributed by atoms with Gasteiger partial charge in [-0.1, -0.05) is 0 Å². The third kappa shape index (κ3) is 3.88. The first-order chi connectivity index (χ1) is 11.5. The highest BCUT2D eigenvalue weighted by molar-refractivity contribution is 14.1. The number of hydrogen-bond acceptors (Lipinski definition) is 4. The molecule has 0 bridgehead atoms. The maximum atomic E-state index is 12.3. The first-order valence-corrected chi connectivity index (χ1v) is 8.86. The molecular formula is C16H12IN3O3S. The van der Waals surface area contributed by atoms with Crippen LogP contribution in [-0.4, -0.2) is 33.5 Å². The lowest BCUT2D eigenvalue weighted by atomic mass is 10.3. The number of H-pyrrole nitrogens is 1. The van der Waals surface area contributed by atoms with E-state index in [0.29, 0.717) is 10.6 Å². The van der Waals surface area contributed by atoms with Gasteiger partial charge >= 0.3 is 0 Å². The molecule has 0 aliphatic carbocycles. The van der Waals surface area contributed by atoms with Gasteiger partial charge in [-0.15, -0.1) is 0 Å². The molecule has 1 aromatic heterocycles. The quantitative estimate of drug-likeness (QED) is 0.550. The number of nitrogens with one attached hydrogen (secondary N) is 2. The van der Waals surface area contributed by atoms with Crippen molar-refractivity contribution in [3.05, 3.63) is 56.8 Å². The van der Waals surface area contributed by atoms with Crippen molar-refractivity contribution in [3.63, 3.8) is 0 Å². The van der Waals surface area contributed by atoms with E-state index in [0.717, 1.165) is 25.9 Å². The predicted octanol–water partition coefficient (Wildman–Crippen LogP) is 3.29. The van der Waals surface area contributed by atoms with Gasteiger partial charge in [-0.25, -0.2) is 0 Å². The van der Waals surface area contributed by atoms with Crippen LogP contribution in [0.25, 0.3) is 6.08 Å². The molecule has 0 saturated carbocycles. The number of rotatable bonds is 4. The summed E-state index contributed by atoms with van der Waals surface area (Å²) in [6, 6.07) is 10.8. The zero-order valence-electron chi connectivity index (χ0n) is 12.3. The lowest BCUT2D eigenvalue weighted by Crippen LogP contribution is -2.36. The average Bonchev–Trinajstić information content (AvgIpc) is 3.14. The Hall–Kier alpha value is -2.07. The zero-order chi connectivity index (χ0) is 17.1. The van der Waals surface area contributed by atoms with Gasteiger partial charge in [0.05, 0.1) is 4.91 Å². The number of carbonyl (C=O) groups is 3. The number of carbonyl (C=O) groups excluding carboxylic acids is 3. The summed E-state index contributed by atoms with van der Waals surface area (Å²) in [5, 5.41) is 2.23. The Bertz CT molecular complexity index is 816. The summed E-state index contributed by atoms with van der Waals surface area (Å²) in [5.41, 5.74) is 1.35. The molecule has 3 rings (SSSR count). The molecule has 1 saturated heterocycles. The smallest absolute Gasteiger partial charge is 0.294 e. The van der Waals surface area contributed by atoms with Gasteiger partial charge in [0.2, 0.25) is 5.91 Å². The lowest BCUT2D eigenvalue weighted by Gasteiger charge is -2.12. The highest BCUT2D eigenvalue weighted by atomic mass is 127. The summed E-state index contributed by atoms with van der Waals surface area (Å²) in [4.78, 5) is 40.5. The Morgan fingerprint density at radius 3 is 2.67 bits per heavy atom. The summed E-state index contributed by atoms with van der Waals surface area (Å²) in [7, 11) is 0. The molecule has 2 aromatic rings. The van der Waals surface area contributed by atoms with Gasteiger partial charge in [0, 0.05) is 21.1 Å². The van der Waals surface area contributed by atoms with E-state index < -0.39 is 17.1 Å². The molecular weight excluding hydrogens is 441 g/mol. The van der Waals surface area contributed by atoms with Crippen molar-refractivity contribution >= 4 is 63.2 Å². The van der Waals surface area contributed by atoms with Crippen molar-refractivity contribution in [1.29, 1.82) is 0 Å². The second kappa shape index (κ2) is 7.22. The number of aromatic amines is 1. The van der Waals surface area contributed by atoms with Gasteiger partial charge in [-0.2, -0.15) is 0 Å². The molecule has 0 radical (unpaired) electrons. The van der Waals surface area contributed by atoms with Gasteiger partial charge in [-0.3, -0.25) is 19.3 Å². The Morgan fingerprint density at radius 1 is 1.25 bits per heavy atom. The minimum Gasteiger partial charge on any atom is -0.362 e. The van der Waals surface area contributed by atoms with Crippen molar-refractivity contribution in [2.24, 2.45) is 0 Å². The largest absolute Gasteiger partial charge is 0.362 e. The van der Waals surface area contributed by atoms with Crippen LogP contribution < -0.4 is 5.32 Å². The summed E-state index contributed by atoms with van der Waals surface area (Å²) >= 11 is 2.99. The van der Waals surface area contributed by atoms with E-state index in [1.165, 1.54) is 0 Å². The van der Waals surface area contributed by atoms with Gasteiger partial charge in [0.25, 0.3) is 11.1 Å². The fraction of sp³-hybridized carbons (Fsp3) is 0.0625. The highest BCUT2D eigenvalue weighted by Crippen LogP contribution is 2.31. The van der Waals surface area contributed by atoms with E-state index >= 15 is 0 Å². The molecule has 1 aliphatic rings. The van der Waals surface area contributed by atoms with Gasteiger partial charge in [-0.05, 0) is 76.8 Å². The molecule has 3 amide bonds. The first-order valence-electron chi connectivity index (χ1n) is 6.97. The molecule has 1 aliphatic heterocycles. The van der Waals surface area contributed by atoms with Crippen LogP contribution in [0.1, 0.15) is 5.69 Å². The maximum absolute atomic E-state index is 12.3. The van der Waals surface area contributed by atoms with Crippen LogP contribution in [0.3, 0.4) is 0 Å². The van der Waals surface area contributed by atoms with Gasteiger partial charge in [0.15, 0.2) is 0 Å². The van der Waals surface area contributed by atoms with Crippen molar-refractivity contribution in [1.82, 2.24) is 9.88 Å². The summed E-state index contributed by atoms with van der Waals surface area (Å²) in [6.45, 7) is -0.307. The lowest BCUT2D eigenvalue weighted by molar-refractivity contribution is -0.127. The number of imide groups is 1. The number of anilines is 1. The topological polar surface area (TPSA) is 82.3 Å². The van der Waals surface area contributed by atoms with Crippen LogP contribution in [0, 0.1) is 3.57 Å². The second-order valence-electron chi connectivity index (χ2n) is 4.95. The minimum absolute atomic E-state index is 0.296. The third-order valence-electron chi connectivity index (χ3n) is 3.21. The van der Waals surface area contributed by atoms with Crippen LogP contribution in [0.5, 0.6) is 0 Å². The number of aromatic nitrogens is 1. The normalized spacial score (nSPS) is 16.0. The van der Waals surface area contributed by atoms with Crippen molar-refractivity contribution in [2.75, 3.05) is 11.9 Å². The van der Waals surface area contributed by atoms with Gasteiger partial charge < -0.3 is 10.3 Å². The molecule has 2 N–H and O–H groups in total. The molecule has 0 atom stereocenters. The van der Waals surface area contributed by atoms with E-state index in [1.807, 2.05) is 12.1 Å². The van der Waals surface area contributed by atoms with E-state index in [-0.39, 0.29) is 6.54 Å².